The quantitative estimate of drug-likeness (QED) is 0.0659. The lowest BCUT2D eigenvalue weighted by atomic mass is 10.1. The predicted molar refractivity (Wildman–Crippen MR) is 191 cm³/mol. The SMILES string of the molecule is CCCC[C@@H](NC(=O)[C@H](CCCCNC(=O)OCc1ccccc1)NC(=O)OCc1ccccc1)P(=O)(O)OC(C)C(=O)[N+]1(C(=O)O)CCC[C@H]1C. The molecule has 1 saturated heterocycles. The summed E-state index contributed by atoms with van der Waals surface area (Å²) in [5, 5.41) is 17.7. The summed E-state index contributed by atoms with van der Waals surface area (Å²) in [6, 6.07) is 16.3. The van der Waals surface area contributed by atoms with Gasteiger partial charge in [0, 0.05) is 19.4 Å². The van der Waals surface area contributed by atoms with Crippen molar-refractivity contribution < 1.29 is 57.0 Å². The minimum atomic E-state index is -4.78. The number of unbranched alkanes of at least 4 members (excludes halogenated alkanes) is 2. The molecule has 0 bridgehead atoms. The molecule has 52 heavy (non-hydrogen) atoms. The summed E-state index contributed by atoms with van der Waals surface area (Å²) in [4.78, 5) is 75.4. The lowest BCUT2D eigenvalue weighted by Gasteiger charge is -2.33. The predicted octanol–water partition coefficient (Wildman–Crippen LogP) is 5.80. The first-order valence-electron chi connectivity index (χ1n) is 17.7. The molecular weight excluding hydrogens is 695 g/mol. The Hall–Kier alpha value is -4.30. The normalized spacial score (nSPS) is 19.7. The van der Waals surface area contributed by atoms with Crippen LogP contribution in [0.15, 0.2) is 60.7 Å². The van der Waals surface area contributed by atoms with E-state index < -0.39 is 66.1 Å². The molecule has 0 aromatic heterocycles. The summed E-state index contributed by atoms with van der Waals surface area (Å²) in [5.74, 6) is -3.10. The number of rotatable bonds is 19. The average molecular weight is 748 g/mol. The number of nitrogens with zero attached hydrogens (tertiary/aromatic N) is 1. The molecule has 1 aliphatic heterocycles. The van der Waals surface area contributed by atoms with Crippen LogP contribution in [0.2, 0.25) is 0 Å². The monoisotopic (exact) mass is 747 g/mol. The van der Waals surface area contributed by atoms with E-state index in [9.17, 15) is 38.5 Å². The minimum absolute atomic E-state index is 0.00640. The van der Waals surface area contributed by atoms with Crippen molar-refractivity contribution in [3.05, 3.63) is 71.8 Å². The van der Waals surface area contributed by atoms with Crippen LogP contribution in [0.4, 0.5) is 14.4 Å². The van der Waals surface area contributed by atoms with E-state index in [1.165, 1.54) is 6.92 Å². The summed E-state index contributed by atoms with van der Waals surface area (Å²) in [5.41, 5.74) is 1.56. The Morgan fingerprint density at radius 3 is 2.02 bits per heavy atom. The van der Waals surface area contributed by atoms with Gasteiger partial charge in [0.2, 0.25) is 5.91 Å². The Morgan fingerprint density at radius 1 is 0.885 bits per heavy atom. The number of alkyl carbamates (subject to hydrolysis) is 2. The molecule has 286 valence electrons. The maximum Gasteiger partial charge on any atom is 0.521 e. The topological polar surface area (TPSA) is 207 Å². The van der Waals surface area contributed by atoms with Gasteiger partial charge in [-0.1, -0.05) is 80.4 Å². The highest BCUT2D eigenvalue weighted by Crippen LogP contribution is 2.50. The third-order valence-corrected chi connectivity index (χ3v) is 10.8. The first kappa shape index (κ1) is 42.1. The lowest BCUT2D eigenvalue weighted by Crippen LogP contribution is -2.61. The number of imide groups is 1. The number of carbonyl (C=O) groups excluding carboxylic acids is 4. The van der Waals surface area contributed by atoms with Crippen molar-refractivity contribution >= 4 is 37.7 Å². The van der Waals surface area contributed by atoms with Gasteiger partial charge in [-0.25, -0.2) is 14.4 Å². The Balaban J connectivity index is 1.66. The molecule has 16 heteroatoms. The zero-order valence-corrected chi connectivity index (χ0v) is 30.9. The number of carbonyl (C=O) groups is 5. The van der Waals surface area contributed by atoms with Crippen molar-refractivity contribution in [2.45, 2.75) is 109 Å². The average Bonchev–Trinajstić information content (AvgIpc) is 3.53. The van der Waals surface area contributed by atoms with Crippen molar-refractivity contribution in [3.63, 3.8) is 0 Å². The van der Waals surface area contributed by atoms with E-state index in [1.54, 1.807) is 31.2 Å². The van der Waals surface area contributed by atoms with Crippen molar-refractivity contribution in [1.29, 1.82) is 0 Å². The number of hydrogen-bond donors (Lipinski definition) is 5. The highest BCUT2D eigenvalue weighted by atomic mass is 31.2. The van der Waals surface area contributed by atoms with Gasteiger partial charge in [-0.05, 0) is 50.7 Å². The largest absolute Gasteiger partial charge is 0.521 e. The second kappa shape index (κ2) is 20.7. The molecule has 0 saturated carbocycles. The number of amides is 5. The molecule has 1 fully saturated rings. The standard InChI is InChI=1S/C36H51N4O11P/c1-4-5-21-31(52(47,48)51-27(3)33(42)40(36(45)46)23-14-15-26(40)2)39-32(41)30(38-35(44)50-25-29-18-10-7-11-19-29)20-12-13-22-37-34(43)49-24-28-16-8-6-9-17-28/h6-11,16-19,26-27,30-31H,4-5,12-15,20-25H2,1-3H3,(H4-,37,38,39,41,43,44,45,46,47,48)/p+1/t26-,27?,30+,31+,40?/m1/s1. The Labute approximate surface area is 304 Å². The van der Waals surface area contributed by atoms with E-state index in [4.69, 9.17) is 14.0 Å². The van der Waals surface area contributed by atoms with Gasteiger partial charge in [0.15, 0.2) is 6.10 Å². The molecule has 0 radical (unpaired) electrons. The number of hydrogen-bond acceptors (Lipinski definition) is 9. The van der Waals surface area contributed by atoms with E-state index in [1.807, 2.05) is 43.3 Å². The Kier molecular flexibility index (Phi) is 16.7. The van der Waals surface area contributed by atoms with Crippen molar-refractivity contribution in [1.82, 2.24) is 16.0 Å². The van der Waals surface area contributed by atoms with Crippen molar-refractivity contribution in [2.24, 2.45) is 0 Å². The molecular formula is C36H52N4O11P+. The van der Waals surface area contributed by atoms with Crippen LogP contribution in [-0.2, 0) is 41.4 Å². The molecule has 5 amide bonds. The van der Waals surface area contributed by atoms with Crippen LogP contribution in [0.3, 0.4) is 0 Å². The van der Waals surface area contributed by atoms with Gasteiger partial charge in [-0.15, -0.1) is 0 Å². The van der Waals surface area contributed by atoms with Crippen LogP contribution >= 0.6 is 7.60 Å². The summed E-state index contributed by atoms with van der Waals surface area (Å²) >= 11 is 0. The van der Waals surface area contributed by atoms with E-state index in [0.29, 0.717) is 38.5 Å². The number of likely N-dealkylation sites (tertiary alicyclic amines) is 1. The summed E-state index contributed by atoms with van der Waals surface area (Å²) in [6.45, 7) is 5.02. The van der Waals surface area contributed by atoms with E-state index in [-0.39, 0.29) is 39.1 Å². The molecule has 3 unspecified atom stereocenters. The lowest BCUT2D eigenvalue weighted by molar-refractivity contribution is -0.793. The van der Waals surface area contributed by atoms with Gasteiger partial charge >= 0.3 is 31.8 Å². The van der Waals surface area contributed by atoms with E-state index >= 15 is 0 Å². The van der Waals surface area contributed by atoms with Crippen LogP contribution in [0.25, 0.3) is 0 Å². The fourth-order valence-electron chi connectivity index (χ4n) is 6.05. The highest BCUT2D eigenvalue weighted by molar-refractivity contribution is 7.53. The second-order valence-electron chi connectivity index (χ2n) is 12.9. The molecule has 2 aromatic rings. The van der Waals surface area contributed by atoms with Gasteiger partial charge < -0.3 is 35.4 Å². The molecule has 6 atom stereocenters. The zero-order chi connectivity index (χ0) is 38.1. The Bertz CT molecular complexity index is 1530. The van der Waals surface area contributed by atoms with Gasteiger partial charge in [0.1, 0.15) is 31.1 Å². The summed E-state index contributed by atoms with van der Waals surface area (Å²) < 4.78 is 28.7. The van der Waals surface area contributed by atoms with Crippen LogP contribution in [0, 0.1) is 0 Å². The maximum atomic E-state index is 13.7. The van der Waals surface area contributed by atoms with Gasteiger partial charge in [-0.3, -0.25) is 13.9 Å². The molecule has 15 nitrogen and oxygen atoms in total. The van der Waals surface area contributed by atoms with Crippen LogP contribution in [0.5, 0.6) is 0 Å². The van der Waals surface area contributed by atoms with Gasteiger partial charge in [0.05, 0.1) is 6.54 Å². The van der Waals surface area contributed by atoms with Crippen LogP contribution in [0.1, 0.15) is 83.3 Å². The zero-order valence-electron chi connectivity index (χ0n) is 30.0. The van der Waals surface area contributed by atoms with Crippen LogP contribution in [-0.4, -0.2) is 81.6 Å². The second-order valence-corrected chi connectivity index (χ2v) is 14.9. The molecule has 0 spiro atoms. The number of nitrogens with one attached hydrogen (secondary N) is 3. The first-order valence-corrected chi connectivity index (χ1v) is 19.3. The Morgan fingerprint density at radius 2 is 1.48 bits per heavy atom. The number of carboxylic acid groups (broad SMARTS) is 1. The number of ether oxygens (including phenoxy) is 2. The highest BCUT2D eigenvalue weighted by Gasteiger charge is 2.56. The number of benzene rings is 2. The van der Waals surface area contributed by atoms with Crippen LogP contribution < -0.4 is 16.0 Å². The third kappa shape index (κ3) is 12.4. The van der Waals surface area contributed by atoms with E-state index in [0.717, 1.165) is 11.1 Å². The molecule has 1 heterocycles. The van der Waals surface area contributed by atoms with Gasteiger partial charge in [0.25, 0.3) is 0 Å². The van der Waals surface area contributed by atoms with Gasteiger partial charge in [-0.2, -0.15) is 9.28 Å². The smallest absolute Gasteiger partial charge is 0.445 e. The molecule has 1 aliphatic rings. The van der Waals surface area contributed by atoms with Crippen molar-refractivity contribution in [2.75, 3.05) is 13.1 Å². The minimum Gasteiger partial charge on any atom is -0.445 e. The molecule has 0 aliphatic carbocycles. The van der Waals surface area contributed by atoms with Crippen molar-refractivity contribution in [3.8, 4) is 0 Å². The fourth-order valence-corrected chi connectivity index (χ4v) is 7.53. The molecule has 5 N–H and O–H groups in total. The third-order valence-electron chi connectivity index (χ3n) is 9.03. The number of quaternary nitrogens is 1. The maximum absolute atomic E-state index is 13.7. The molecule has 3 rings (SSSR count). The summed E-state index contributed by atoms with van der Waals surface area (Å²) in [7, 11) is -4.78. The molecule has 2 aromatic carbocycles. The summed E-state index contributed by atoms with van der Waals surface area (Å²) in [6.07, 6.45) is -1.58. The first-order chi connectivity index (χ1) is 24.8. The van der Waals surface area contributed by atoms with E-state index in [2.05, 4.69) is 16.0 Å². The fraction of sp³-hybridized carbons (Fsp3) is 0.528.